The van der Waals surface area contributed by atoms with Crippen LogP contribution in [0.25, 0.3) is 0 Å². The van der Waals surface area contributed by atoms with E-state index < -0.39 is 6.04 Å². The third-order valence-corrected chi connectivity index (χ3v) is 2.76. The van der Waals surface area contributed by atoms with Crippen molar-refractivity contribution < 1.29 is 9.59 Å². The van der Waals surface area contributed by atoms with Gasteiger partial charge in [-0.3, -0.25) is 9.59 Å². The summed E-state index contributed by atoms with van der Waals surface area (Å²) in [6.07, 6.45) is 4.96. The lowest BCUT2D eigenvalue weighted by Crippen LogP contribution is -2.41. The van der Waals surface area contributed by atoms with Gasteiger partial charge in [-0.25, -0.2) is 0 Å². The van der Waals surface area contributed by atoms with Crippen molar-refractivity contribution in [3.63, 3.8) is 0 Å². The van der Waals surface area contributed by atoms with Gasteiger partial charge in [0.05, 0.1) is 6.04 Å². The Morgan fingerprint density at radius 2 is 2.12 bits per heavy atom. The lowest BCUT2D eigenvalue weighted by atomic mass is 10.1. The van der Waals surface area contributed by atoms with Crippen LogP contribution in [0, 0.1) is 0 Å². The second kappa shape index (κ2) is 7.27. The molecule has 0 aliphatic heterocycles. The predicted octanol–water partition coefficient (Wildman–Crippen LogP) is 0.289. The fraction of sp³-hybridized carbons (Fsp3) is 0.833. The van der Waals surface area contributed by atoms with Crippen molar-refractivity contribution in [3.8, 4) is 0 Å². The maximum atomic E-state index is 11.4. The van der Waals surface area contributed by atoms with Gasteiger partial charge in [0, 0.05) is 19.0 Å². The van der Waals surface area contributed by atoms with Gasteiger partial charge in [-0.15, -0.1) is 0 Å². The van der Waals surface area contributed by atoms with E-state index in [9.17, 15) is 9.59 Å². The molecule has 0 aromatic rings. The van der Waals surface area contributed by atoms with Gasteiger partial charge in [-0.1, -0.05) is 13.3 Å². The number of nitrogens with two attached hydrogens (primary N) is 1. The number of nitrogens with one attached hydrogen (secondary N) is 2. The maximum Gasteiger partial charge on any atom is 0.236 e. The SMILES string of the molecule is CCC[C@@H](N)C(=O)NCCCC(=O)NC1CC1. The summed E-state index contributed by atoms with van der Waals surface area (Å²) < 4.78 is 0. The Hall–Kier alpha value is -1.10. The Labute approximate surface area is 103 Å². The van der Waals surface area contributed by atoms with Crippen molar-refractivity contribution in [3.05, 3.63) is 0 Å². The predicted molar refractivity (Wildman–Crippen MR) is 66.3 cm³/mol. The van der Waals surface area contributed by atoms with Gasteiger partial charge in [0.1, 0.15) is 0 Å². The summed E-state index contributed by atoms with van der Waals surface area (Å²) in [6.45, 7) is 2.52. The average Bonchev–Trinajstić information content (AvgIpc) is 3.08. The molecule has 98 valence electrons. The smallest absolute Gasteiger partial charge is 0.236 e. The van der Waals surface area contributed by atoms with E-state index in [2.05, 4.69) is 10.6 Å². The van der Waals surface area contributed by atoms with Gasteiger partial charge < -0.3 is 16.4 Å². The minimum atomic E-state index is -0.416. The first kappa shape index (κ1) is 14.0. The Morgan fingerprint density at radius 1 is 1.41 bits per heavy atom. The molecule has 0 spiro atoms. The Morgan fingerprint density at radius 3 is 2.71 bits per heavy atom. The van der Waals surface area contributed by atoms with E-state index in [1.165, 1.54) is 0 Å². The molecule has 1 aliphatic rings. The number of amides is 2. The van der Waals surface area contributed by atoms with E-state index in [-0.39, 0.29) is 11.8 Å². The number of hydrogen-bond donors (Lipinski definition) is 3. The monoisotopic (exact) mass is 241 g/mol. The molecular formula is C12H23N3O2. The summed E-state index contributed by atoms with van der Waals surface area (Å²) in [4.78, 5) is 22.8. The normalized spacial score (nSPS) is 16.4. The summed E-state index contributed by atoms with van der Waals surface area (Å²) in [5.41, 5.74) is 5.65. The Kier molecular flexibility index (Phi) is 5.97. The molecule has 17 heavy (non-hydrogen) atoms. The molecule has 1 aliphatic carbocycles. The van der Waals surface area contributed by atoms with Crippen LogP contribution in [-0.2, 0) is 9.59 Å². The lowest BCUT2D eigenvalue weighted by Gasteiger charge is -2.10. The molecule has 0 aromatic heterocycles. The van der Waals surface area contributed by atoms with Crippen LogP contribution >= 0.6 is 0 Å². The number of carbonyl (C=O) groups excluding carboxylic acids is 2. The van der Waals surface area contributed by atoms with Crippen LogP contribution < -0.4 is 16.4 Å². The first-order chi connectivity index (χ1) is 8.13. The summed E-state index contributed by atoms with van der Waals surface area (Å²) in [7, 11) is 0. The van der Waals surface area contributed by atoms with Crippen LogP contribution in [0.1, 0.15) is 45.4 Å². The van der Waals surface area contributed by atoms with Gasteiger partial charge in [0.2, 0.25) is 11.8 Å². The zero-order valence-corrected chi connectivity index (χ0v) is 10.5. The lowest BCUT2D eigenvalue weighted by molar-refractivity contribution is -0.123. The highest BCUT2D eigenvalue weighted by atomic mass is 16.2. The molecule has 0 radical (unpaired) electrons. The molecule has 1 saturated carbocycles. The topological polar surface area (TPSA) is 84.2 Å². The van der Waals surface area contributed by atoms with E-state index in [4.69, 9.17) is 5.73 Å². The molecule has 5 heteroatoms. The van der Waals surface area contributed by atoms with Gasteiger partial charge in [0.25, 0.3) is 0 Å². The largest absolute Gasteiger partial charge is 0.355 e. The van der Waals surface area contributed by atoms with Crippen LogP contribution in [-0.4, -0.2) is 30.4 Å². The molecule has 5 nitrogen and oxygen atoms in total. The standard InChI is InChI=1S/C12H23N3O2/c1-2-4-10(13)12(17)14-8-3-5-11(16)15-9-6-7-9/h9-10H,2-8,13H2,1H3,(H,14,17)(H,15,16)/t10-/m1/s1. The van der Waals surface area contributed by atoms with Crippen LogP contribution in [0.15, 0.2) is 0 Å². The van der Waals surface area contributed by atoms with Crippen molar-refractivity contribution in [2.24, 2.45) is 5.73 Å². The van der Waals surface area contributed by atoms with Gasteiger partial charge in [-0.2, -0.15) is 0 Å². The Balaban J connectivity index is 1.98. The fourth-order valence-corrected chi connectivity index (χ4v) is 1.56. The van der Waals surface area contributed by atoms with Crippen molar-refractivity contribution in [1.82, 2.24) is 10.6 Å². The highest BCUT2D eigenvalue weighted by Gasteiger charge is 2.22. The Bertz CT molecular complexity index is 264. The third-order valence-electron chi connectivity index (χ3n) is 2.76. The summed E-state index contributed by atoms with van der Waals surface area (Å²) in [6, 6.07) is -0.00430. The molecule has 0 saturated heterocycles. The maximum absolute atomic E-state index is 11.4. The fourth-order valence-electron chi connectivity index (χ4n) is 1.56. The minimum Gasteiger partial charge on any atom is -0.355 e. The third kappa shape index (κ3) is 6.26. The highest BCUT2D eigenvalue weighted by molar-refractivity contribution is 5.81. The molecule has 0 aromatic carbocycles. The van der Waals surface area contributed by atoms with Crippen LogP contribution in [0.4, 0.5) is 0 Å². The van der Waals surface area contributed by atoms with Crippen molar-refractivity contribution in [2.45, 2.75) is 57.5 Å². The van der Waals surface area contributed by atoms with Crippen LogP contribution in [0.5, 0.6) is 0 Å². The summed E-state index contributed by atoms with van der Waals surface area (Å²) >= 11 is 0. The molecule has 1 atom stereocenters. The average molecular weight is 241 g/mol. The molecule has 1 fully saturated rings. The molecular weight excluding hydrogens is 218 g/mol. The van der Waals surface area contributed by atoms with Crippen molar-refractivity contribution >= 4 is 11.8 Å². The van der Waals surface area contributed by atoms with Crippen LogP contribution in [0.3, 0.4) is 0 Å². The summed E-state index contributed by atoms with van der Waals surface area (Å²) in [5, 5.41) is 5.66. The molecule has 0 heterocycles. The zero-order chi connectivity index (χ0) is 12.7. The number of rotatable bonds is 8. The van der Waals surface area contributed by atoms with Gasteiger partial charge in [-0.05, 0) is 25.7 Å². The minimum absolute atomic E-state index is 0.0830. The molecule has 0 bridgehead atoms. The van der Waals surface area contributed by atoms with Crippen molar-refractivity contribution in [2.75, 3.05) is 6.54 Å². The van der Waals surface area contributed by atoms with E-state index in [0.29, 0.717) is 31.8 Å². The quantitative estimate of drug-likeness (QED) is 0.534. The first-order valence-corrected chi connectivity index (χ1v) is 6.46. The van der Waals surface area contributed by atoms with E-state index in [1.54, 1.807) is 0 Å². The van der Waals surface area contributed by atoms with Gasteiger partial charge in [0.15, 0.2) is 0 Å². The highest BCUT2D eigenvalue weighted by Crippen LogP contribution is 2.18. The van der Waals surface area contributed by atoms with Gasteiger partial charge >= 0.3 is 0 Å². The second-order valence-corrected chi connectivity index (χ2v) is 4.63. The summed E-state index contributed by atoms with van der Waals surface area (Å²) in [5.74, 6) is -0.0333. The second-order valence-electron chi connectivity index (χ2n) is 4.63. The van der Waals surface area contributed by atoms with Crippen LogP contribution in [0.2, 0.25) is 0 Å². The van der Waals surface area contributed by atoms with E-state index in [1.807, 2.05) is 6.92 Å². The first-order valence-electron chi connectivity index (χ1n) is 6.46. The van der Waals surface area contributed by atoms with E-state index in [0.717, 1.165) is 19.3 Å². The van der Waals surface area contributed by atoms with Crippen molar-refractivity contribution in [1.29, 1.82) is 0 Å². The molecule has 4 N–H and O–H groups in total. The zero-order valence-electron chi connectivity index (χ0n) is 10.5. The number of hydrogen-bond acceptors (Lipinski definition) is 3. The molecule has 1 rings (SSSR count). The van der Waals surface area contributed by atoms with E-state index >= 15 is 0 Å². The number of carbonyl (C=O) groups is 2. The molecule has 2 amide bonds. The molecule has 0 unspecified atom stereocenters.